The maximum absolute atomic E-state index is 9.78. The summed E-state index contributed by atoms with van der Waals surface area (Å²) in [6.07, 6.45) is 5.58. The third kappa shape index (κ3) is 3.88. The first-order valence-electron chi connectivity index (χ1n) is 9.68. The molecule has 4 rings (SSSR count). The average molecular weight is 388 g/mol. The van der Waals surface area contributed by atoms with Gasteiger partial charge in [0.05, 0.1) is 17.2 Å². The second-order valence-electron chi connectivity index (χ2n) is 7.32. The third-order valence-electron chi connectivity index (χ3n) is 5.21. The number of fused-ring (bicyclic) bond motifs is 1. The number of anilines is 1. The van der Waals surface area contributed by atoms with Crippen LogP contribution in [-0.2, 0) is 0 Å². The Labute approximate surface area is 170 Å². The van der Waals surface area contributed by atoms with Crippen LogP contribution >= 0.6 is 11.6 Å². The number of piperidine rings is 1. The summed E-state index contributed by atoms with van der Waals surface area (Å²) in [6, 6.07) is 18.2. The van der Waals surface area contributed by atoms with Crippen molar-refractivity contribution in [3.8, 4) is 6.07 Å². The summed E-state index contributed by atoms with van der Waals surface area (Å²) in [6.45, 7) is 4.10. The molecule has 0 unspecified atom stereocenters. The zero-order chi connectivity index (χ0) is 19.5. The first-order chi connectivity index (χ1) is 13.6. The van der Waals surface area contributed by atoms with Crippen molar-refractivity contribution in [1.82, 2.24) is 4.98 Å². The number of nitrogens with zero attached hydrogens (tertiary/aromatic N) is 3. The Morgan fingerprint density at radius 3 is 2.54 bits per heavy atom. The van der Waals surface area contributed by atoms with Gasteiger partial charge in [0, 0.05) is 29.1 Å². The fourth-order valence-corrected chi connectivity index (χ4v) is 3.84. The molecule has 1 aliphatic rings. The number of aromatic nitrogens is 1. The molecular weight excluding hydrogens is 366 g/mol. The number of hydrogen-bond donors (Lipinski definition) is 0. The van der Waals surface area contributed by atoms with Crippen LogP contribution in [0.3, 0.4) is 0 Å². The van der Waals surface area contributed by atoms with E-state index in [0.29, 0.717) is 10.6 Å². The van der Waals surface area contributed by atoms with Crippen molar-refractivity contribution in [2.24, 2.45) is 0 Å². The van der Waals surface area contributed by atoms with Crippen molar-refractivity contribution in [1.29, 1.82) is 5.26 Å². The van der Waals surface area contributed by atoms with Crippen LogP contribution in [0.5, 0.6) is 0 Å². The Morgan fingerprint density at radius 2 is 1.82 bits per heavy atom. The molecule has 0 atom stereocenters. The van der Waals surface area contributed by atoms with Crippen LogP contribution < -0.4 is 4.90 Å². The monoisotopic (exact) mass is 387 g/mol. The summed E-state index contributed by atoms with van der Waals surface area (Å²) in [4.78, 5) is 7.36. The first-order valence-corrected chi connectivity index (χ1v) is 10.1. The Morgan fingerprint density at radius 1 is 1.07 bits per heavy atom. The van der Waals surface area contributed by atoms with Gasteiger partial charge in [-0.3, -0.25) is 0 Å². The lowest BCUT2D eigenvalue weighted by atomic mass is 10.0. The highest BCUT2D eigenvalue weighted by Crippen LogP contribution is 2.30. The van der Waals surface area contributed by atoms with E-state index in [1.807, 2.05) is 30.3 Å². The van der Waals surface area contributed by atoms with Gasteiger partial charge in [-0.25, -0.2) is 4.98 Å². The summed E-state index contributed by atoms with van der Waals surface area (Å²) in [5.41, 5.74) is 4.67. The SMILES string of the molecule is Cc1ccc2cc(C=C(C#N)c3ccc(Cl)cc3)c(N3CCCCC3)nc2c1. The van der Waals surface area contributed by atoms with Gasteiger partial charge in [-0.05, 0) is 67.7 Å². The smallest absolute Gasteiger partial charge is 0.136 e. The van der Waals surface area contributed by atoms with Crippen LogP contribution in [0.4, 0.5) is 5.82 Å². The highest BCUT2D eigenvalue weighted by atomic mass is 35.5. The largest absolute Gasteiger partial charge is 0.356 e. The number of aryl methyl sites for hydroxylation is 1. The quantitative estimate of drug-likeness (QED) is 0.498. The van der Waals surface area contributed by atoms with Gasteiger partial charge in [0.2, 0.25) is 0 Å². The van der Waals surface area contributed by atoms with Crippen molar-refractivity contribution < 1.29 is 0 Å². The lowest BCUT2D eigenvalue weighted by Gasteiger charge is -2.29. The minimum atomic E-state index is 0.614. The molecule has 0 radical (unpaired) electrons. The Kier molecular flexibility index (Phi) is 5.32. The van der Waals surface area contributed by atoms with E-state index in [4.69, 9.17) is 16.6 Å². The Balaban J connectivity index is 1.86. The summed E-state index contributed by atoms with van der Waals surface area (Å²) in [7, 11) is 0. The van der Waals surface area contributed by atoms with E-state index < -0.39 is 0 Å². The highest BCUT2D eigenvalue weighted by molar-refractivity contribution is 6.30. The molecule has 0 saturated carbocycles. The molecule has 2 heterocycles. The molecule has 3 nitrogen and oxygen atoms in total. The van der Waals surface area contributed by atoms with Gasteiger partial charge in [-0.15, -0.1) is 0 Å². The molecule has 1 fully saturated rings. The van der Waals surface area contributed by atoms with Gasteiger partial charge in [0.1, 0.15) is 5.82 Å². The molecule has 0 spiro atoms. The zero-order valence-electron chi connectivity index (χ0n) is 16.0. The number of halogens is 1. The fourth-order valence-electron chi connectivity index (χ4n) is 3.71. The van der Waals surface area contributed by atoms with Crippen molar-refractivity contribution in [2.75, 3.05) is 18.0 Å². The molecule has 140 valence electrons. The Hall–Kier alpha value is -2.83. The molecule has 1 aliphatic heterocycles. The number of pyridine rings is 1. The molecule has 2 aromatic carbocycles. The number of rotatable bonds is 3. The topological polar surface area (TPSA) is 39.9 Å². The maximum atomic E-state index is 9.78. The molecule has 28 heavy (non-hydrogen) atoms. The lowest BCUT2D eigenvalue weighted by molar-refractivity contribution is 0.574. The standard InChI is InChI=1S/C24H22ClN3/c1-17-5-6-19-14-20(15-21(16-26)18-7-9-22(25)10-8-18)24(27-23(19)13-17)28-11-3-2-4-12-28/h5-10,13-15H,2-4,11-12H2,1H3. The van der Waals surface area contributed by atoms with E-state index in [1.165, 1.54) is 24.8 Å². The van der Waals surface area contributed by atoms with Crippen LogP contribution in [0, 0.1) is 18.3 Å². The van der Waals surface area contributed by atoms with E-state index in [-0.39, 0.29) is 0 Å². The minimum Gasteiger partial charge on any atom is -0.356 e. The van der Waals surface area contributed by atoms with Crippen molar-refractivity contribution >= 4 is 40.0 Å². The molecule has 3 aromatic rings. The number of nitriles is 1. The molecule has 0 amide bonds. The lowest BCUT2D eigenvalue weighted by Crippen LogP contribution is -2.30. The second kappa shape index (κ2) is 8.04. The molecular formula is C24H22ClN3. The molecule has 1 aromatic heterocycles. The van der Waals surface area contributed by atoms with Crippen molar-refractivity contribution in [3.63, 3.8) is 0 Å². The fraction of sp³-hybridized carbons (Fsp3) is 0.250. The molecule has 0 bridgehead atoms. The van der Waals surface area contributed by atoms with Gasteiger partial charge < -0.3 is 4.90 Å². The predicted octanol–water partition coefficient (Wildman–Crippen LogP) is 6.25. The number of allylic oxidation sites excluding steroid dienone is 1. The molecule has 0 aliphatic carbocycles. The van der Waals surface area contributed by atoms with Crippen LogP contribution in [0.2, 0.25) is 5.02 Å². The van der Waals surface area contributed by atoms with Crippen LogP contribution in [-0.4, -0.2) is 18.1 Å². The summed E-state index contributed by atoms with van der Waals surface area (Å²) >= 11 is 6.01. The predicted molar refractivity (Wildman–Crippen MR) is 117 cm³/mol. The average Bonchev–Trinajstić information content (AvgIpc) is 2.73. The second-order valence-corrected chi connectivity index (χ2v) is 7.76. The number of hydrogen-bond acceptors (Lipinski definition) is 3. The van der Waals surface area contributed by atoms with Crippen LogP contribution in [0.25, 0.3) is 22.6 Å². The van der Waals surface area contributed by atoms with E-state index >= 15 is 0 Å². The van der Waals surface area contributed by atoms with Gasteiger partial charge in [-0.1, -0.05) is 35.9 Å². The van der Waals surface area contributed by atoms with Crippen LogP contribution in [0.1, 0.15) is 36.0 Å². The normalized spacial score (nSPS) is 14.9. The summed E-state index contributed by atoms with van der Waals surface area (Å²) in [5.74, 6) is 0.972. The summed E-state index contributed by atoms with van der Waals surface area (Å²) in [5, 5.41) is 11.5. The van der Waals surface area contributed by atoms with Crippen molar-refractivity contribution in [3.05, 3.63) is 70.2 Å². The van der Waals surface area contributed by atoms with E-state index in [1.54, 1.807) is 0 Å². The van der Waals surface area contributed by atoms with Gasteiger partial charge in [0.25, 0.3) is 0 Å². The highest BCUT2D eigenvalue weighted by Gasteiger charge is 2.17. The Bertz CT molecular complexity index is 1070. The van der Waals surface area contributed by atoms with Crippen LogP contribution in [0.15, 0.2) is 48.5 Å². The molecule has 0 N–H and O–H groups in total. The first kappa shape index (κ1) is 18.5. The summed E-state index contributed by atoms with van der Waals surface area (Å²) < 4.78 is 0. The third-order valence-corrected chi connectivity index (χ3v) is 5.46. The van der Waals surface area contributed by atoms with Gasteiger partial charge >= 0.3 is 0 Å². The van der Waals surface area contributed by atoms with Crippen molar-refractivity contribution in [2.45, 2.75) is 26.2 Å². The van der Waals surface area contributed by atoms with Gasteiger partial charge in [0.15, 0.2) is 0 Å². The molecule has 1 saturated heterocycles. The molecule has 4 heteroatoms. The van der Waals surface area contributed by atoms with E-state index in [0.717, 1.165) is 40.9 Å². The van der Waals surface area contributed by atoms with E-state index in [2.05, 4.69) is 42.2 Å². The zero-order valence-corrected chi connectivity index (χ0v) is 16.7. The van der Waals surface area contributed by atoms with E-state index in [9.17, 15) is 5.26 Å². The number of benzene rings is 2. The minimum absolute atomic E-state index is 0.614. The maximum Gasteiger partial charge on any atom is 0.136 e. The van der Waals surface area contributed by atoms with Gasteiger partial charge in [-0.2, -0.15) is 5.26 Å².